The highest BCUT2D eigenvalue weighted by molar-refractivity contribution is 6.31. The smallest absolute Gasteiger partial charge is 0.293 e. The number of hydrogen-bond acceptors (Lipinski definition) is 5. The quantitative estimate of drug-likeness (QED) is 0.612. The average molecular weight is 403 g/mol. The van der Waals surface area contributed by atoms with E-state index in [1.807, 2.05) is 11.0 Å². The Morgan fingerprint density at radius 3 is 2.61 bits per heavy atom. The molecule has 1 aliphatic heterocycles. The first kappa shape index (κ1) is 19.6. The Morgan fingerprint density at radius 1 is 1.29 bits per heavy atom. The number of nitrogens with one attached hydrogen (secondary N) is 1. The van der Waals surface area contributed by atoms with Crippen molar-refractivity contribution in [2.24, 2.45) is 5.92 Å². The Hall–Kier alpha value is -3.18. The van der Waals surface area contributed by atoms with Gasteiger partial charge in [-0.2, -0.15) is 5.26 Å². The van der Waals surface area contributed by atoms with Gasteiger partial charge in [0.05, 0.1) is 21.6 Å². The van der Waals surface area contributed by atoms with Crippen LogP contribution in [-0.4, -0.2) is 23.9 Å². The monoisotopic (exact) mass is 402 g/mol. The van der Waals surface area contributed by atoms with Gasteiger partial charge in [0.15, 0.2) is 0 Å². The molecule has 1 N–H and O–H groups in total. The molecule has 1 aliphatic rings. The molecule has 1 fully saturated rings. The van der Waals surface area contributed by atoms with E-state index >= 15 is 0 Å². The summed E-state index contributed by atoms with van der Waals surface area (Å²) in [5.74, 6) is -1.02. The molecule has 0 atom stereocenters. The number of rotatable bonds is 4. The molecule has 1 amide bonds. The minimum Gasteiger partial charge on any atom is -0.366 e. The van der Waals surface area contributed by atoms with Gasteiger partial charge in [-0.15, -0.1) is 0 Å². The molecule has 7 nitrogen and oxygen atoms in total. The summed E-state index contributed by atoms with van der Waals surface area (Å²) in [6, 6.07) is 10.2. The van der Waals surface area contributed by atoms with E-state index in [9.17, 15) is 19.3 Å². The van der Waals surface area contributed by atoms with Crippen LogP contribution >= 0.6 is 11.6 Å². The van der Waals surface area contributed by atoms with E-state index < -0.39 is 10.7 Å². The number of nitrogens with zero attached hydrogens (tertiary/aromatic N) is 3. The molecule has 0 spiro atoms. The first-order chi connectivity index (χ1) is 13.4. The summed E-state index contributed by atoms with van der Waals surface area (Å²) in [5.41, 5.74) is 0.959. The SMILES string of the molecule is N#Cc1ccc(N2CCC(C(=O)Nc3ccc(F)c(Cl)c3)CC2)c([N+](=O)[O-])c1. The summed E-state index contributed by atoms with van der Waals surface area (Å²) in [6.45, 7) is 0.935. The number of anilines is 2. The van der Waals surface area contributed by atoms with Crippen molar-refractivity contribution in [3.05, 3.63) is 62.9 Å². The number of hydrogen-bond donors (Lipinski definition) is 1. The minimum absolute atomic E-state index is 0.0688. The molecule has 2 aromatic rings. The summed E-state index contributed by atoms with van der Waals surface area (Å²) in [7, 11) is 0. The lowest BCUT2D eigenvalue weighted by atomic mass is 9.95. The number of nitro groups is 1. The molecule has 0 saturated carbocycles. The molecule has 0 unspecified atom stereocenters. The zero-order valence-electron chi connectivity index (χ0n) is 14.7. The van der Waals surface area contributed by atoms with E-state index in [1.165, 1.54) is 24.3 Å². The highest BCUT2D eigenvalue weighted by Gasteiger charge is 2.28. The summed E-state index contributed by atoms with van der Waals surface area (Å²) in [4.78, 5) is 25.1. The van der Waals surface area contributed by atoms with Crippen molar-refractivity contribution in [2.45, 2.75) is 12.8 Å². The number of carbonyl (C=O) groups is 1. The zero-order valence-corrected chi connectivity index (χ0v) is 15.4. The van der Waals surface area contributed by atoms with E-state index in [4.69, 9.17) is 16.9 Å². The lowest BCUT2D eigenvalue weighted by Gasteiger charge is -2.32. The summed E-state index contributed by atoms with van der Waals surface area (Å²) >= 11 is 5.72. The standard InChI is InChI=1S/C19H16ClFN4O3/c20-15-10-14(2-3-16(15)21)23-19(26)13-5-7-24(8-6-13)17-4-1-12(11-22)9-18(17)25(27)28/h1-4,9-10,13H,5-8H2,(H,23,26). The van der Waals surface area contributed by atoms with E-state index in [0.29, 0.717) is 37.3 Å². The maximum Gasteiger partial charge on any atom is 0.293 e. The Balaban J connectivity index is 1.66. The van der Waals surface area contributed by atoms with Crippen molar-refractivity contribution in [3.8, 4) is 6.07 Å². The van der Waals surface area contributed by atoms with Crippen LogP contribution in [0, 0.1) is 33.2 Å². The van der Waals surface area contributed by atoms with Gasteiger partial charge in [-0.1, -0.05) is 11.6 Å². The predicted molar refractivity (Wildman–Crippen MR) is 103 cm³/mol. The highest BCUT2D eigenvalue weighted by atomic mass is 35.5. The largest absolute Gasteiger partial charge is 0.366 e. The highest BCUT2D eigenvalue weighted by Crippen LogP contribution is 2.32. The van der Waals surface area contributed by atoms with Gasteiger partial charge in [0.1, 0.15) is 11.5 Å². The van der Waals surface area contributed by atoms with Crippen LogP contribution in [0.4, 0.5) is 21.5 Å². The van der Waals surface area contributed by atoms with E-state index in [-0.39, 0.29) is 28.1 Å². The van der Waals surface area contributed by atoms with Crippen molar-refractivity contribution in [1.82, 2.24) is 0 Å². The van der Waals surface area contributed by atoms with Crippen LogP contribution in [0.1, 0.15) is 18.4 Å². The Labute approximate surface area is 165 Å². The number of nitro benzene ring substituents is 1. The molecule has 0 aliphatic carbocycles. The van der Waals surface area contributed by atoms with Gasteiger partial charge < -0.3 is 10.2 Å². The van der Waals surface area contributed by atoms with Crippen LogP contribution in [0.25, 0.3) is 0 Å². The molecule has 3 rings (SSSR count). The van der Waals surface area contributed by atoms with Crippen molar-refractivity contribution in [1.29, 1.82) is 5.26 Å². The summed E-state index contributed by atoms with van der Waals surface area (Å²) in [6.07, 6.45) is 1.02. The predicted octanol–water partition coefficient (Wildman–Crippen LogP) is 4.11. The Morgan fingerprint density at radius 2 is 2.00 bits per heavy atom. The van der Waals surface area contributed by atoms with Crippen LogP contribution in [0.5, 0.6) is 0 Å². The van der Waals surface area contributed by atoms with Crippen molar-refractivity contribution < 1.29 is 14.1 Å². The maximum atomic E-state index is 13.2. The van der Waals surface area contributed by atoms with Crippen molar-refractivity contribution >= 4 is 34.6 Å². The minimum atomic E-state index is -0.558. The number of amides is 1. The Kier molecular flexibility index (Phi) is 5.76. The van der Waals surface area contributed by atoms with Crippen molar-refractivity contribution in [2.75, 3.05) is 23.3 Å². The lowest BCUT2D eigenvalue weighted by molar-refractivity contribution is -0.384. The molecule has 28 heavy (non-hydrogen) atoms. The van der Waals surface area contributed by atoms with E-state index in [2.05, 4.69) is 5.32 Å². The summed E-state index contributed by atoms with van der Waals surface area (Å²) < 4.78 is 13.2. The average Bonchev–Trinajstić information content (AvgIpc) is 2.70. The molecule has 144 valence electrons. The van der Waals surface area contributed by atoms with Crippen LogP contribution in [0.2, 0.25) is 5.02 Å². The summed E-state index contributed by atoms with van der Waals surface area (Å²) in [5, 5.41) is 22.9. The van der Waals surface area contributed by atoms with Crippen LogP contribution in [0.15, 0.2) is 36.4 Å². The van der Waals surface area contributed by atoms with Crippen LogP contribution < -0.4 is 10.2 Å². The fourth-order valence-corrected chi connectivity index (χ4v) is 3.39. The van der Waals surface area contributed by atoms with Gasteiger partial charge in [-0.05, 0) is 43.2 Å². The fourth-order valence-electron chi connectivity index (χ4n) is 3.21. The van der Waals surface area contributed by atoms with Gasteiger partial charge in [0.25, 0.3) is 5.69 Å². The van der Waals surface area contributed by atoms with Crippen LogP contribution in [-0.2, 0) is 4.79 Å². The van der Waals surface area contributed by atoms with Crippen LogP contribution in [0.3, 0.4) is 0 Å². The number of carbonyl (C=O) groups excluding carboxylic acids is 1. The number of benzene rings is 2. The Bertz CT molecular complexity index is 968. The second-order valence-electron chi connectivity index (χ2n) is 6.45. The molecule has 0 radical (unpaired) electrons. The number of piperidine rings is 1. The van der Waals surface area contributed by atoms with Gasteiger partial charge in [0.2, 0.25) is 5.91 Å². The van der Waals surface area contributed by atoms with Crippen molar-refractivity contribution in [3.63, 3.8) is 0 Å². The van der Waals surface area contributed by atoms with E-state index in [0.717, 1.165) is 0 Å². The second kappa shape index (κ2) is 8.23. The first-order valence-corrected chi connectivity index (χ1v) is 8.96. The van der Waals surface area contributed by atoms with E-state index in [1.54, 1.807) is 12.1 Å². The molecule has 0 bridgehead atoms. The molecule has 9 heteroatoms. The molecular weight excluding hydrogens is 387 g/mol. The number of halogens is 2. The third kappa shape index (κ3) is 4.21. The third-order valence-electron chi connectivity index (χ3n) is 4.69. The lowest BCUT2D eigenvalue weighted by Crippen LogP contribution is -2.38. The molecule has 0 aromatic heterocycles. The second-order valence-corrected chi connectivity index (χ2v) is 6.86. The number of nitriles is 1. The molecule has 1 saturated heterocycles. The van der Waals surface area contributed by atoms with Gasteiger partial charge in [-0.3, -0.25) is 14.9 Å². The van der Waals surface area contributed by atoms with Gasteiger partial charge in [-0.25, -0.2) is 4.39 Å². The fraction of sp³-hybridized carbons (Fsp3) is 0.263. The topological polar surface area (TPSA) is 99.3 Å². The molecule has 1 heterocycles. The first-order valence-electron chi connectivity index (χ1n) is 8.58. The van der Waals surface area contributed by atoms with Gasteiger partial charge in [0, 0.05) is 30.8 Å². The molecular formula is C19H16ClFN4O3. The molecule has 2 aromatic carbocycles. The van der Waals surface area contributed by atoms with Gasteiger partial charge >= 0.3 is 0 Å². The third-order valence-corrected chi connectivity index (χ3v) is 4.98. The zero-order chi connectivity index (χ0) is 20.3. The maximum absolute atomic E-state index is 13.2. The normalized spacial score (nSPS) is 14.4.